The number of hydrogen-bond donors (Lipinski definition) is 1. The molecule has 1 aromatic carbocycles. The molecular weight excluding hydrogens is 318 g/mol. The third kappa shape index (κ3) is 4.15. The second-order valence-corrected chi connectivity index (χ2v) is 8.34. The van der Waals surface area contributed by atoms with Crippen LogP contribution in [0.1, 0.15) is 50.7 Å². The molecule has 1 aliphatic carbocycles. The third-order valence-electron chi connectivity index (χ3n) is 5.74. The molecule has 4 atom stereocenters. The molecular formula is C20H29NO2S. The highest BCUT2D eigenvalue weighted by Gasteiger charge is 2.39. The van der Waals surface area contributed by atoms with Crippen molar-refractivity contribution in [3.05, 3.63) is 35.9 Å². The molecule has 0 radical (unpaired) electrons. The van der Waals surface area contributed by atoms with Gasteiger partial charge in [-0.25, -0.2) is 0 Å². The Kier molecular flexibility index (Phi) is 6.23. The highest BCUT2D eigenvalue weighted by Crippen LogP contribution is 2.39. The Morgan fingerprint density at radius 2 is 2.00 bits per heavy atom. The van der Waals surface area contributed by atoms with Crippen LogP contribution in [-0.2, 0) is 4.79 Å². The van der Waals surface area contributed by atoms with Crippen LogP contribution in [0.5, 0.6) is 0 Å². The minimum Gasteiger partial charge on any atom is -0.388 e. The molecule has 0 aromatic heterocycles. The predicted molar refractivity (Wildman–Crippen MR) is 100.0 cm³/mol. The van der Waals surface area contributed by atoms with Crippen molar-refractivity contribution in [2.45, 2.75) is 51.2 Å². The molecule has 24 heavy (non-hydrogen) atoms. The molecule has 4 unspecified atom stereocenters. The van der Waals surface area contributed by atoms with Crippen LogP contribution in [0, 0.1) is 11.8 Å². The van der Waals surface area contributed by atoms with Crippen molar-refractivity contribution in [1.29, 1.82) is 0 Å². The molecule has 1 aliphatic heterocycles. The minimum absolute atomic E-state index is 0.268. The van der Waals surface area contributed by atoms with Crippen molar-refractivity contribution in [1.82, 2.24) is 4.90 Å². The number of aliphatic hydroxyl groups excluding tert-OH is 1. The maximum absolute atomic E-state index is 12.7. The second-order valence-electron chi connectivity index (χ2n) is 7.31. The van der Waals surface area contributed by atoms with Crippen molar-refractivity contribution < 1.29 is 9.90 Å². The lowest BCUT2D eigenvalue weighted by atomic mass is 9.72. The van der Waals surface area contributed by atoms with E-state index in [1.807, 2.05) is 30.3 Å². The molecule has 3 rings (SSSR count). The van der Waals surface area contributed by atoms with Gasteiger partial charge in [-0.05, 0) is 36.7 Å². The summed E-state index contributed by atoms with van der Waals surface area (Å²) in [7, 11) is 0. The van der Waals surface area contributed by atoms with Gasteiger partial charge in [-0.3, -0.25) is 4.79 Å². The maximum Gasteiger partial charge on any atom is 0.232 e. The summed E-state index contributed by atoms with van der Waals surface area (Å²) in [6, 6.07) is 10.2. The summed E-state index contributed by atoms with van der Waals surface area (Å²) in [6.45, 7) is 3.28. The van der Waals surface area contributed by atoms with E-state index in [9.17, 15) is 9.90 Å². The zero-order valence-electron chi connectivity index (χ0n) is 14.6. The minimum atomic E-state index is -0.493. The number of carbonyl (C=O) groups is 1. The van der Waals surface area contributed by atoms with Crippen molar-refractivity contribution >= 4 is 17.7 Å². The molecule has 1 N–H and O–H groups in total. The first-order chi connectivity index (χ1) is 11.7. The number of carbonyl (C=O) groups excluding carboxylic acids is 1. The SMILES string of the molecule is CC1CCN(C(=O)CSCC(O)c2ccccc2)C2CCCCC12. The summed E-state index contributed by atoms with van der Waals surface area (Å²) in [6.07, 6.45) is 5.70. The summed E-state index contributed by atoms with van der Waals surface area (Å²) < 4.78 is 0. The number of aliphatic hydroxyl groups is 1. The van der Waals surface area contributed by atoms with Gasteiger partial charge in [0.25, 0.3) is 0 Å². The Labute approximate surface area is 149 Å². The number of piperidine rings is 1. The smallest absolute Gasteiger partial charge is 0.232 e. The number of rotatable bonds is 5. The molecule has 3 nitrogen and oxygen atoms in total. The van der Waals surface area contributed by atoms with Gasteiger partial charge in [0, 0.05) is 18.3 Å². The fourth-order valence-electron chi connectivity index (χ4n) is 4.34. The predicted octanol–water partition coefficient (Wildman–Crippen LogP) is 3.88. The van der Waals surface area contributed by atoms with Gasteiger partial charge in [-0.2, -0.15) is 0 Å². The van der Waals surface area contributed by atoms with Crippen molar-refractivity contribution in [2.75, 3.05) is 18.1 Å². The van der Waals surface area contributed by atoms with E-state index in [0.29, 0.717) is 23.5 Å². The third-order valence-corrected chi connectivity index (χ3v) is 6.75. The number of fused-ring (bicyclic) bond motifs is 1. The van der Waals surface area contributed by atoms with E-state index >= 15 is 0 Å². The van der Waals surface area contributed by atoms with Gasteiger partial charge in [0.2, 0.25) is 5.91 Å². The van der Waals surface area contributed by atoms with E-state index in [1.165, 1.54) is 25.7 Å². The normalized spacial score (nSPS) is 28.2. The lowest BCUT2D eigenvalue weighted by Crippen LogP contribution is -2.52. The highest BCUT2D eigenvalue weighted by atomic mass is 32.2. The van der Waals surface area contributed by atoms with Crippen LogP contribution in [-0.4, -0.2) is 40.0 Å². The Balaban J connectivity index is 1.49. The van der Waals surface area contributed by atoms with Crippen LogP contribution in [0.15, 0.2) is 30.3 Å². The van der Waals surface area contributed by atoms with Gasteiger partial charge >= 0.3 is 0 Å². The van der Waals surface area contributed by atoms with Gasteiger partial charge in [-0.1, -0.05) is 50.1 Å². The Bertz CT molecular complexity index is 536. The number of nitrogens with zero attached hydrogens (tertiary/aromatic N) is 1. The summed E-state index contributed by atoms with van der Waals surface area (Å²) in [5.74, 6) is 2.79. The lowest BCUT2D eigenvalue weighted by molar-refractivity contribution is -0.136. The Morgan fingerprint density at radius 1 is 1.25 bits per heavy atom. The summed E-state index contributed by atoms with van der Waals surface area (Å²) in [5, 5.41) is 10.2. The fourth-order valence-corrected chi connectivity index (χ4v) is 5.21. The molecule has 0 bridgehead atoms. The first-order valence-corrected chi connectivity index (χ1v) is 10.4. The summed E-state index contributed by atoms with van der Waals surface area (Å²) in [5.41, 5.74) is 0.927. The largest absolute Gasteiger partial charge is 0.388 e. The van der Waals surface area contributed by atoms with E-state index in [2.05, 4.69) is 11.8 Å². The number of likely N-dealkylation sites (tertiary alicyclic amines) is 1. The fraction of sp³-hybridized carbons (Fsp3) is 0.650. The zero-order chi connectivity index (χ0) is 16.9. The zero-order valence-corrected chi connectivity index (χ0v) is 15.4. The second kappa shape index (κ2) is 8.39. The van der Waals surface area contributed by atoms with Crippen LogP contribution in [0.25, 0.3) is 0 Å². The number of hydrogen-bond acceptors (Lipinski definition) is 3. The average molecular weight is 348 g/mol. The van der Waals surface area contributed by atoms with Crippen LogP contribution in [0.2, 0.25) is 0 Å². The monoisotopic (exact) mass is 347 g/mol. The van der Waals surface area contributed by atoms with Crippen LogP contribution >= 0.6 is 11.8 Å². The first-order valence-electron chi connectivity index (χ1n) is 9.27. The number of thioether (sulfide) groups is 1. The highest BCUT2D eigenvalue weighted by molar-refractivity contribution is 7.99. The maximum atomic E-state index is 12.7. The van der Waals surface area contributed by atoms with Crippen molar-refractivity contribution in [2.24, 2.45) is 11.8 Å². The van der Waals surface area contributed by atoms with Crippen molar-refractivity contribution in [3.8, 4) is 0 Å². The quantitative estimate of drug-likeness (QED) is 0.879. The molecule has 1 saturated heterocycles. The summed E-state index contributed by atoms with van der Waals surface area (Å²) in [4.78, 5) is 14.9. The van der Waals surface area contributed by atoms with E-state index in [-0.39, 0.29) is 5.91 Å². The number of benzene rings is 1. The van der Waals surface area contributed by atoms with Crippen LogP contribution < -0.4 is 0 Å². The molecule has 132 valence electrons. The van der Waals surface area contributed by atoms with Crippen molar-refractivity contribution in [3.63, 3.8) is 0 Å². The van der Waals surface area contributed by atoms with Gasteiger partial charge < -0.3 is 10.0 Å². The molecule has 4 heteroatoms. The Morgan fingerprint density at radius 3 is 2.79 bits per heavy atom. The van der Waals surface area contributed by atoms with Crippen LogP contribution in [0.4, 0.5) is 0 Å². The van der Waals surface area contributed by atoms with Gasteiger partial charge in [0.05, 0.1) is 11.9 Å². The van der Waals surface area contributed by atoms with E-state index in [4.69, 9.17) is 0 Å². The molecule has 2 aliphatic rings. The molecule has 1 amide bonds. The molecule has 1 aromatic rings. The summed E-state index contributed by atoms with van der Waals surface area (Å²) >= 11 is 1.56. The Hall–Kier alpha value is -1.00. The van der Waals surface area contributed by atoms with E-state index < -0.39 is 6.10 Å². The van der Waals surface area contributed by atoms with E-state index in [0.717, 1.165) is 24.4 Å². The molecule has 1 heterocycles. The van der Waals surface area contributed by atoms with Gasteiger partial charge in [-0.15, -0.1) is 11.8 Å². The van der Waals surface area contributed by atoms with E-state index in [1.54, 1.807) is 11.8 Å². The number of amides is 1. The molecule has 2 fully saturated rings. The lowest BCUT2D eigenvalue weighted by Gasteiger charge is -2.47. The van der Waals surface area contributed by atoms with Crippen LogP contribution in [0.3, 0.4) is 0 Å². The first kappa shape index (κ1) is 17.8. The standard InChI is InChI=1S/C20H29NO2S/c1-15-11-12-21(18-10-6-5-9-17(15)18)20(23)14-24-13-19(22)16-7-3-2-4-8-16/h2-4,7-8,15,17-19,22H,5-6,9-14H2,1H3. The topological polar surface area (TPSA) is 40.5 Å². The van der Waals surface area contributed by atoms with Gasteiger partial charge in [0.15, 0.2) is 0 Å². The average Bonchev–Trinajstić information content (AvgIpc) is 2.63. The molecule has 0 spiro atoms. The molecule has 1 saturated carbocycles. The van der Waals surface area contributed by atoms with Gasteiger partial charge in [0.1, 0.15) is 0 Å².